The Hall–Kier alpha value is -1.79. The number of carbonyl (C=O) groups excluding carboxylic acids is 1. The van der Waals surface area contributed by atoms with Gasteiger partial charge in [0.2, 0.25) is 5.91 Å². The SMILES string of the molecule is CC(=O)N1CCc2cc(C#CCN)ccc21. The lowest BCUT2D eigenvalue weighted by molar-refractivity contribution is -0.116. The molecule has 0 aromatic heterocycles. The van der Waals surface area contributed by atoms with Crippen molar-refractivity contribution in [2.45, 2.75) is 13.3 Å². The van der Waals surface area contributed by atoms with Crippen molar-refractivity contribution in [3.05, 3.63) is 29.3 Å². The van der Waals surface area contributed by atoms with Crippen LogP contribution in [0.15, 0.2) is 18.2 Å². The van der Waals surface area contributed by atoms with E-state index < -0.39 is 0 Å². The summed E-state index contributed by atoms with van der Waals surface area (Å²) in [5.74, 6) is 5.92. The van der Waals surface area contributed by atoms with Crippen LogP contribution in [-0.4, -0.2) is 19.0 Å². The monoisotopic (exact) mass is 214 g/mol. The number of carbonyl (C=O) groups is 1. The standard InChI is InChI=1S/C13H14N2O/c1-10(16)15-8-6-12-9-11(3-2-7-14)4-5-13(12)15/h4-5,9H,6-8,14H2,1H3. The Morgan fingerprint density at radius 1 is 1.56 bits per heavy atom. The zero-order valence-corrected chi connectivity index (χ0v) is 9.29. The van der Waals surface area contributed by atoms with Crippen molar-refractivity contribution < 1.29 is 4.79 Å². The fourth-order valence-electron chi connectivity index (χ4n) is 1.96. The number of hydrogen-bond acceptors (Lipinski definition) is 2. The Morgan fingerprint density at radius 3 is 3.06 bits per heavy atom. The molecule has 16 heavy (non-hydrogen) atoms. The van der Waals surface area contributed by atoms with E-state index in [-0.39, 0.29) is 5.91 Å². The van der Waals surface area contributed by atoms with Crippen LogP contribution >= 0.6 is 0 Å². The van der Waals surface area contributed by atoms with Gasteiger partial charge in [0, 0.05) is 24.7 Å². The van der Waals surface area contributed by atoms with Gasteiger partial charge in [-0.25, -0.2) is 0 Å². The molecule has 0 unspecified atom stereocenters. The molecule has 0 spiro atoms. The molecule has 0 saturated heterocycles. The third kappa shape index (κ3) is 1.93. The molecule has 1 aromatic rings. The lowest BCUT2D eigenvalue weighted by Crippen LogP contribution is -2.25. The average Bonchev–Trinajstić information content (AvgIpc) is 2.69. The van der Waals surface area contributed by atoms with Gasteiger partial charge in [-0.2, -0.15) is 0 Å². The van der Waals surface area contributed by atoms with E-state index in [9.17, 15) is 4.79 Å². The van der Waals surface area contributed by atoms with Crippen LogP contribution in [0.1, 0.15) is 18.1 Å². The van der Waals surface area contributed by atoms with Crippen molar-refractivity contribution in [2.75, 3.05) is 18.0 Å². The molecule has 2 rings (SSSR count). The van der Waals surface area contributed by atoms with E-state index in [4.69, 9.17) is 5.73 Å². The summed E-state index contributed by atoms with van der Waals surface area (Å²) in [6, 6.07) is 5.94. The fraction of sp³-hybridized carbons (Fsp3) is 0.308. The molecule has 0 fully saturated rings. The summed E-state index contributed by atoms with van der Waals surface area (Å²) < 4.78 is 0. The molecular formula is C13H14N2O. The first kappa shape index (κ1) is 10.7. The fourth-order valence-corrected chi connectivity index (χ4v) is 1.96. The van der Waals surface area contributed by atoms with Crippen LogP contribution in [-0.2, 0) is 11.2 Å². The summed E-state index contributed by atoms with van der Waals surface area (Å²) in [4.78, 5) is 13.1. The lowest BCUT2D eigenvalue weighted by Gasteiger charge is -2.14. The van der Waals surface area contributed by atoms with E-state index in [1.165, 1.54) is 5.56 Å². The molecule has 1 aliphatic heterocycles. The van der Waals surface area contributed by atoms with Crippen LogP contribution < -0.4 is 10.6 Å². The van der Waals surface area contributed by atoms with Crippen LogP contribution in [0.25, 0.3) is 0 Å². The van der Waals surface area contributed by atoms with Crippen LogP contribution in [0.4, 0.5) is 5.69 Å². The summed E-state index contributed by atoms with van der Waals surface area (Å²) in [5.41, 5.74) is 8.50. The molecule has 1 amide bonds. The molecular weight excluding hydrogens is 200 g/mol. The molecule has 1 aliphatic rings. The number of amides is 1. The van der Waals surface area contributed by atoms with Crippen LogP contribution in [0.3, 0.4) is 0 Å². The highest BCUT2D eigenvalue weighted by Gasteiger charge is 2.21. The van der Waals surface area contributed by atoms with Crippen LogP contribution in [0, 0.1) is 11.8 Å². The van der Waals surface area contributed by atoms with E-state index in [2.05, 4.69) is 11.8 Å². The molecule has 82 valence electrons. The quantitative estimate of drug-likeness (QED) is 0.652. The van der Waals surface area contributed by atoms with Gasteiger partial charge in [-0.3, -0.25) is 4.79 Å². The Balaban J connectivity index is 2.32. The lowest BCUT2D eigenvalue weighted by atomic mass is 10.1. The third-order valence-electron chi connectivity index (χ3n) is 2.69. The topological polar surface area (TPSA) is 46.3 Å². The molecule has 3 nitrogen and oxygen atoms in total. The zero-order chi connectivity index (χ0) is 11.5. The molecule has 2 N–H and O–H groups in total. The maximum Gasteiger partial charge on any atom is 0.223 e. The normalized spacial score (nSPS) is 13.0. The number of hydrogen-bond donors (Lipinski definition) is 1. The second kappa shape index (κ2) is 4.38. The van der Waals surface area contributed by atoms with Gasteiger partial charge in [0.15, 0.2) is 0 Å². The van der Waals surface area contributed by atoms with Crippen molar-refractivity contribution in [1.82, 2.24) is 0 Å². The highest BCUT2D eigenvalue weighted by molar-refractivity contribution is 5.93. The van der Waals surface area contributed by atoms with Gasteiger partial charge in [0.05, 0.1) is 6.54 Å². The number of anilines is 1. The number of rotatable bonds is 0. The van der Waals surface area contributed by atoms with Gasteiger partial charge in [0.1, 0.15) is 0 Å². The second-order valence-electron chi connectivity index (χ2n) is 3.77. The van der Waals surface area contributed by atoms with Crippen molar-refractivity contribution in [1.29, 1.82) is 0 Å². The van der Waals surface area contributed by atoms with Gasteiger partial charge in [-0.1, -0.05) is 11.8 Å². The summed E-state index contributed by atoms with van der Waals surface area (Å²) in [5, 5.41) is 0. The van der Waals surface area contributed by atoms with Crippen molar-refractivity contribution in [2.24, 2.45) is 5.73 Å². The van der Waals surface area contributed by atoms with Gasteiger partial charge in [0.25, 0.3) is 0 Å². The molecule has 0 radical (unpaired) electrons. The first-order valence-corrected chi connectivity index (χ1v) is 5.32. The minimum atomic E-state index is 0.0968. The van der Waals surface area contributed by atoms with Crippen LogP contribution in [0.2, 0.25) is 0 Å². The first-order valence-electron chi connectivity index (χ1n) is 5.32. The van der Waals surface area contributed by atoms with Gasteiger partial charge >= 0.3 is 0 Å². The Labute approximate surface area is 95.2 Å². The van der Waals surface area contributed by atoms with Crippen LogP contribution in [0.5, 0.6) is 0 Å². The molecule has 1 aromatic carbocycles. The Morgan fingerprint density at radius 2 is 2.38 bits per heavy atom. The summed E-state index contributed by atoms with van der Waals surface area (Å²) in [7, 11) is 0. The van der Waals surface area contributed by atoms with E-state index >= 15 is 0 Å². The third-order valence-corrected chi connectivity index (χ3v) is 2.69. The average molecular weight is 214 g/mol. The van der Waals surface area contributed by atoms with Crippen molar-refractivity contribution >= 4 is 11.6 Å². The van der Waals surface area contributed by atoms with E-state index in [1.807, 2.05) is 18.2 Å². The molecule has 0 bridgehead atoms. The maximum atomic E-state index is 11.3. The van der Waals surface area contributed by atoms with Gasteiger partial charge in [-0.05, 0) is 30.2 Å². The number of nitrogens with zero attached hydrogens (tertiary/aromatic N) is 1. The summed E-state index contributed by atoms with van der Waals surface area (Å²) >= 11 is 0. The summed E-state index contributed by atoms with van der Waals surface area (Å²) in [6.07, 6.45) is 0.910. The van der Waals surface area contributed by atoms with E-state index in [1.54, 1.807) is 11.8 Å². The smallest absolute Gasteiger partial charge is 0.223 e. The van der Waals surface area contributed by atoms with Crippen molar-refractivity contribution in [3.8, 4) is 11.8 Å². The highest BCUT2D eigenvalue weighted by Crippen LogP contribution is 2.28. The molecule has 0 atom stereocenters. The largest absolute Gasteiger partial charge is 0.320 e. The minimum Gasteiger partial charge on any atom is -0.320 e. The van der Waals surface area contributed by atoms with Gasteiger partial charge in [-0.15, -0.1) is 0 Å². The van der Waals surface area contributed by atoms with Gasteiger partial charge < -0.3 is 10.6 Å². The number of fused-ring (bicyclic) bond motifs is 1. The predicted octanol–water partition coefficient (Wildman–Crippen LogP) is 0.906. The van der Waals surface area contributed by atoms with Crippen molar-refractivity contribution in [3.63, 3.8) is 0 Å². The molecule has 3 heteroatoms. The van der Waals surface area contributed by atoms with E-state index in [0.29, 0.717) is 6.54 Å². The predicted molar refractivity (Wildman–Crippen MR) is 64.1 cm³/mol. The first-order chi connectivity index (χ1) is 7.72. The molecule has 1 heterocycles. The molecule has 0 saturated carbocycles. The second-order valence-corrected chi connectivity index (χ2v) is 3.77. The zero-order valence-electron chi connectivity index (χ0n) is 9.29. The summed E-state index contributed by atoms with van der Waals surface area (Å²) in [6.45, 7) is 2.74. The minimum absolute atomic E-state index is 0.0968. The van der Waals surface area contributed by atoms with E-state index in [0.717, 1.165) is 24.2 Å². The number of benzene rings is 1. The Kier molecular flexibility index (Phi) is 2.93. The number of nitrogens with two attached hydrogens (primary N) is 1. The molecule has 0 aliphatic carbocycles. The maximum absolute atomic E-state index is 11.3. The Bertz CT molecular complexity index is 482. The highest BCUT2D eigenvalue weighted by atomic mass is 16.2.